The van der Waals surface area contributed by atoms with E-state index in [0.717, 1.165) is 30.6 Å². The van der Waals surface area contributed by atoms with Crippen LogP contribution in [-0.4, -0.2) is 30.1 Å². The zero-order valence-corrected chi connectivity index (χ0v) is 12.6. The summed E-state index contributed by atoms with van der Waals surface area (Å²) in [6, 6.07) is 0. The van der Waals surface area contributed by atoms with Crippen LogP contribution >= 0.6 is 0 Å². The summed E-state index contributed by atoms with van der Waals surface area (Å²) in [5, 5.41) is 3.20. The standard InChI is InChI=1S/C15H26N4/c1-11(2)13-14(16-4)17-10-18-15(13)19-8-5-6-12(3)7-9-19/h10-12H,5-9H2,1-4H3,(H,16,17,18). The van der Waals surface area contributed by atoms with Crippen molar-refractivity contribution in [1.29, 1.82) is 0 Å². The lowest BCUT2D eigenvalue weighted by Gasteiger charge is -2.26. The number of nitrogens with one attached hydrogen (secondary N) is 1. The third kappa shape index (κ3) is 3.17. The van der Waals surface area contributed by atoms with Gasteiger partial charge in [0.15, 0.2) is 0 Å². The maximum Gasteiger partial charge on any atom is 0.137 e. The van der Waals surface area contributed by atoms with E-state index in [1.165, 1.54) is 24.8 Å². The van der Waals surface area contributed by atoms with E-state index in [9.17, 15) is 0 Å². The molecule has 1 aromatic rings. The highest BCUT2D eigenvalue weighted by Gasteiger charge is 2.21. The summed E-state index contributed by atoms with van der Waals surface area (Å²) in [6.07, 6.45) is 5.53. The van der Waals surface area contributed by atoms with Crippen LogP contribution in [0.25, 0.3) is 0 Å². The summed E-state index contributed by atoms with van der Waals surface area (Å²) in [5.41, 5.74) is 1.25. The molecule has 1 unspecified atom stereocenters. The number of hydrogen-bond acceptors (Lipinski definition) is 4. The van der Waals surface area contributed by atoms with Crippen LogP contribution in [0.15, 0.2) is 6.33 Å². The van der Waals surface area contributed by atoms with Crippen molar-refractivity contribution in [1.82, 2.24) is 9.97 Å². The number of hydrogen-bond donors (Lipinski definition) is 1. The molecule has 19 heavy (non-hydrogen) atoms. The van der Waals surface area contributed by atoms with E-state index in [0.29, 0.717) is 5.92 Å². The van der Waals surface area contributed by atoms with Gasteiger partial charge in [-0.05, 0) is 31.1 Å². The minimum atomic E-state index is 0.430. The van der Waals surface area contributed by atoms with Crippen molar-refractivity contribution in [2.45, 2.75) is 46.0 Å². The molecule has 0 saturated carbocycles. The Morgan fingerprint density at radius 3 is 2.74 bits per heavy atom. The minimum absolute atomic E-state index is 0.430. The van der Waals surface area contributed by atoms with Gasteiger partial charge in [-0.25, -0.2) is 9.97 Å². The van der Waals surface area contributed by atoms with Crippen molar-refractivity contribution < 1.29 is 0 Å². The van der Waals surface area contributed by atoms with Crippen molar-refractivity contribution in [3.8, 4) is 0 Å². The zero-order valence-electron chi connectivity index (χ0n) is 12.6. The maximum atomic E-state index is 4.57. The second-order valence-electron chi connectivity index (χ2n) is 5.89. The molecule has 2 rings (SSSR count). The van der Waals surface area contributed by atoms with E-state index in [2.05, 4.69) is 41.0 Å². The molecule has 2 heterocycles. The predicted octanol–water partition coefficient (Wildman–Crippen LogP) is 3.27. The molecular weight excluding hydrogens is 236 g/mol. The first kappa shape index (κ1) is 14.1. The number of aromatic nitrogens is 2. The molecule has 1 aromatic heterocycles. The van der Waals surface area contributed by atoms with Crippen LogP contribution in [0.1, 0.15) is 51.5 Å². The Balaban J connectivity index is 2.32. The van der Waals surface area contributed by atoms with Gasteiger partial charge in [-0.1, -0.05) is 20.8 Å². The largest absolute Gasteiger partial charge is 0.373 e. The Hall–Kier alpha value is -1.32. The van der Waals surface area contributed by atoms with Gasteiger partial charge in [0.1, 0.15) is 18.0 Å². The van der Waals surface area contributed by atoms with Crippen LogP contribution in [0.3, 0.4) is 0 Å². The van der Waals surface area contributed by atoms with Gasteiger partial charge in [0.2, 0.25) is 0 Å². The molecule has 0 bridgehead atoms. The van der Waals surface area contributed by atoms with Gasteiger partial charge in [0.25, 0.3) is 0 Å². The summed E-state index contributed by atoms with van der Waals surface area (Å²) in [5.74, 6) is 3.36. The van der Waals surface area contributed by atoms with Gasteiger partial charge in [-0.3, -0.25) is 0 Å². The molecular formula is C15H26N4. The van der Waals surface area contributed by atoms with Crippen LogP contribution in [0.2, 0.25) is 0 Å². The van der Waals surface area contributed by atoms with E-state index in [4.69, 9.17) is 0 Å². The second-order valence-corrected chi connectivity index (χ2v) is 5.89. The van der Waals surface area contributed by atoms with Crippen LogP contribution in [0, 0.1) is 5.92 Å². The second kappa shape index (κ2) is 6.22. The van der Waals surface area contributed by atoms with Crippen LogP contribution in [0.5, 0.6) is 0 Å². The molecule has 1 fully saturated rings. The molecule has 1 saturated heterocycles. The van der Waals surface area contributed by atoms with Crippen molar-refractivity contribution in [2.75, 3.05) is 30.4 Å². The van der Waals surface area contributed by atoms with Crippen LogP contribution < -0.4 is 10.2 Å². The fraction of sp³-hybridized carbons (Fsp3) is 0.733. The topological polar surface area (TPSA) is 41.1 Å². The highest BCUT2D eigenvalue weighted by molar-refractivity contribution is 5.60. The average molecular weight is 262 g/mol. The molecule has 1 aliphatic rings. The highest BCUT2D eigenvalue weighted by Crippen LogP contribution is 2.32. The fourth-order valence-electron chi connectivity index (χ4n) is 2.84. The fourth-order valence-corrected chi connectivity index (χ4v) is 2.84. The summed E-state index contributed by atoms with van der Waals surface area (Å²) in [7, 11) is 1.93. The lowest BCUT2D eigenvalue weighted by atomic mass is 10.0. The summed E-state index contributed by atoms with van der Waals surface area (Å²) in [6.45, 7) is 9.00. The SMILES string of the molecule is CNc1ncnc(N2CCCC(C)CC2)c1C(C)C. The van der Waals surface area contributed by atoms with Gasteiger partial charge >= 0.3 is 0 Å². The van der Waals surface area contributed by atoms with Gasteiger partial charge in [0, 0.05) is 25.7 Å². The first-order chi connectivity index (χ1) is 9.13. The number of nitrogens with zero attached hydrogens (tertiary/aromatic N) is 3. The smallest absolute Gasteiger partial charge is 0.137 e. The minimum Gasteiger partial charge on any atom is -0.373 e. The highest BCUT2D eigenvalue weighted by atomic mass is 15.2. The molecule has 0 radical (unpaired) electrons. The van der Waals surface area contributed by atoms with E-state index in [-0.39, 0.29) is 0 Å². The van der Waals surface area contributed by atoms with Crippen molar-refractivity contribution >= 4 is 11.6 Å². The van der Waals surface area contributed by atoms with E-state index in [1.807, 2.05) is 7.05 Å². The number of anilines is 2. The Labute approximate surface area is 116 Å². The summed E-state index contributed by atoms with van der Waals surface area (Å²) >= 11 is 0. The van der Waals surface area contributed by atoms with E-state index in [1.54, 1.807) is 6.33 Å². The third-order valence-corrected chi connectivity index (χ3v) is 3.99. The molecule has 0 spiro atoms. The molecule has 0 aliphatic carbocycles. The first-order valence-electron chi connectivity index (χ1n) is 7.41. The van der Waals surface area contributed by atoms with Crippen molar-refractivity contribution in [2.24, 2.45) is 5.92 Å². The number of rotatable bonds is 3. The molecule has 106 valence electrons. The molecule has 4 heteroatoms. The molecule has 4 nitrogen and oxygen atoms in total. The van der Waals surface area contributed by atoms with Crippen LogP contribution in [0.4, 0.5) is 11.6 Å². The lowest BCUT2D eigenvalue weighted by Crippen LogP contribution is -2.27. The third-order valence-electron chi connectivity index (χ3n) is 3.99. The Morgan fingerprint density at radius 2 is 2.05 bits per heavy atom. The molecule has 1 N–H and O–H groups in total. The molecule has 0 aromatic carbocycles. The van der Waals surface area contributed by atoms with Crippen LogP contribution in [-0.2, 0) is 0 Å². The normalized spacial score (nSPS) is 20.5. The van der Waals surface area contributed by atoms with Gasteiger partial charge in [-0.2, -0.15) is 0 Å². The molecule has 1 aliphatic heterocycles. The quantitative estimate of drug-likeness (QED) is 0.907. The Morgan fingerprint density at radius 1 is 1.26 bits per heavy atom. The summed E-state index contributed by atoms with van der Waals surface area (Å²) < 4.78 is 0. The van der Waals surface area contributed by atoms with Gasteiger partial charge in [0.05, 0.1) is 0 Å². The molecule has 1 atom stereocenters. The monoisotopic (exact) mass is 262 g/mol. The Kier molecular flexibility index (Phi) is 4.61. The lowest BCUT2D eigenvalue weighted by molar-refractivity contribution is 0.521. The van der Waals surface area contributed by atoms with E-state index < -0.39 is 0 Å². The van der Waals surface area contributed by atoms with Gasteiger partial charge < -0.3 is 10.2 Å². The maximum absolute atomic E-state index is 4.57. The zero-order chi connectivity index (χ0) is 13.8. The summed E-state index contributed by atoms with van der Waals surface area (Å²) in [4.78, 5) is 11.4. The van der Waals surface area contributed by atoms with Gasteiger partial charge in [-0.15, -0.1) is 0 Å². The van der Waals surface area contributed by atoms with Crippen molar-refractivity contribution in [3.05, 3.63) is 11.9 Å². The average Bonchev–Trinajstić information content (AvgIpc) is 2.62. The Bertz CT molecular complexity index is 417. The molecule has 0 amide bonds. The van der Waals surface area contributed by atoms with E-state index >= 15 is 0 Å². The van der Waals surface area contributed by atoms with Crippen molar-refractivity contribution in [3.63, 3.8) is 0 Å². The predicted molar refractivity (Wildman–Crippen MR) is 80.9 cm³/mol. The first-order valence-corrected chi connectivity index (χ1v) is 7.41.